The second kappa shape index (κ2) is 7.76. The molecule has 0 unspecified atom stereocenters. The lowest BCUT2D eigenvalue weighted by Gasteiger charge is -2.03. The van der Waals surface area contributed by atoms with Crippen LogP contribution in [-0.4, -0.2) is 21.2 Å². The van der Waals surface area contributed by atoms with E-state index < -0.39 is 0 Å². The molecule has 0 fully saturated rings. The van der Waals surface area contributed by atoms with E-state index in [9.17, 15) is 4.79 Å². The molecule has 30 heavy (non-hydrogen) atoms. The maximum Gasteiger partial charge on any atom is 0.277 e. The SMILES string of the molecule is O=C(Nc1ccc(-c2nc(-c3ccccc3)no2)cc1)c1cc(-c2cccs2)on1. The molecule has 5 aromatic rings. The molecule has 1 N–H and O–H groups in total. The van der Waals surface area contributed by atoms with Gasteiger partial charge in [-0.05, 0) is 35.7 Å². The number of benzene rings is 2. The number of carbonyl (C=O) groups excluding carboxylic acids is 1. The van der Waals surface area contributed by atoms with Gasteiger partial charge in [-0.15, -0.1) is 11.3 Å². The van der Waals surface area contributed by atoms with Crippen molar-refractivity contribution in [3.8, 4) is 33.5 Å². The summed E-state index contributed by atoms with van der Waals surface area (Å²) in [6.07, 6.45) is 0. The molecule has 2 aromatic carbocycles. The molecule has 0 atom stereocenters. The number of aromatic nitrogens is 3. The van der Waals surface area contributed by atoms with Gasteiger partial charge in [0, 0.05) is 22.9 Å². The lowest BCUT2D eigenvalue weighted by molar-refractivity contribution is 0.101. The van der Waals surface area contributed by atoms with Gasteiger partial charge in [-0.25, -0.2) is 0 Å². The van der Waals surface area contributed by atoms with Gasteiger partial charge in [-0.1, -0.05) is 46.7 Å². The second-order valence-corrected chi connectivity index (χ2v) is 7.32. The Hall–Kier alpha value is -4.04. The van der Waals surface area contributed by atoms with E-state index in [4.69, 9.17) is 9.05 Å². The maximum atomic E-state index is 12.4. The summed E-state index contributed by atoms with van der Waals surface area (Å²) >= 11 is 1.52. The van der Waals surface area contributed by atoms with Gasteiger partial charge in [-0.2, -0.15) is 4.98 Å². The molecule has 0 bridgehead atoms. The highest BCUT2D eigenvalue weighted by Gasteiger charge is 2.15. The summed E-state index contributed by atoms with van der Waals surface area (Å²) in [5.74, 6) is 1.15. The number of hydrogen-bond acceptors (Lipinski definition) is 7. The Morgan fingerprint density at radius 2 is 1.70 bits per heavy atom. The van der Waals surface area contributed by atoms with Crippen LogP contribution in [0, 0.1) is 0 Å². The zero-order valence-electron chi connectivity index (χ0n) is 15.5. The third kappa shape index (κ3) is 3.63. The van der Waals surface area contributed by atoms with E-state index in [0.29, 0.717) is 23.2 Å². The number of rotatable bonds is 5. The van der Waals surface area contributed by atoms with Crippen LogP contribution in [-0.2, 0) is 0 Å². The van der Waals surface area contributed by atoms with E-state index in [-0.39, 0.29) is 11.6 Å². The van der Waals surface area contributed by atoms with Crippen molar-refractivity contribution < 1.29 is 13.8 Å². The Balaban J connectivity index is 1.29. The molecule has 0 radical (unpaired) electrons. The van der Waals surface area contributed by atoms with Crippen molar-refractivity contribution in [2.75, 3.05) is 5.32 Å². The molecule has 0 aliphatic rings. The minimum atomic E-state index is -0.349. The van der Waals surface area contributed by atoms with Crippen LogP contribution >= 0.6 is 11.3 Å². The first kappa shape index (κ1) is 18.0. The first-order valence-corrected chi connectivity index (χ1v) is 9.96. The predicted molar refractivity (Wildman–Crippen MR) is 113 cm³/mol. The summed E-state index contributed by atoms with van der Waals surface area (Å²) in [4.78, 5) is 17.8. The van der Waals surface area contributed by atoms with Gasteiger partial charge in [0.2, 0.25) is 5.82 Å². The fraction of sp³-hybridized carbons (Fsp3) is 0. The second-order valence-electron chi connectivity index (χ2n) is 6.37. The molecule has 0 saturated carbocycles. The minimum absolute atomic E-state index is 0.215. The highest BCUT2D eigenvalue weighted by molar-refractivity contribution is 7.13. The summed E-state index contributed by atoms with van der Waals surface area (Å²) in [7, 11) is 0. The number of thiophene rings is 1. The molecule has 0 aliphatic heterocycles. The van der Waals surface area contributed by atoms with Crippen molar-refractivity contribution in [3.05, 3.63) is 83.9 Å². The van der Waals surface area contributed by atoms with E-state index in [1.165, 1.54) is 11.3 Å². The summed E-state index contributed by atoms with van der Waals surface area (Å²) in [5.41, 5.74) is 2.47. The minimum Gasteiger partial charge on any atom is -0.355 e. The summed E-state index contributed by atoms with van der Waals surface area (Å²) in [6, 6.07) is 22.2. The summed E-state index contributed by atoms with van der Waals surface area (Å²) in [5, 5.41) is 12.6. The summed E-state index contributed by atoms with van der Waals surface area (Å²) in [6.45, 7) is 0. The number of carbonyl (C=O) groups is 1. The van der Waals surface area contributed by atoms with Gasteiger partial charge in [0.25, 0.3) is 11.8 Å². The zero-order chi connectivity index (χ0) is 20.3. The Kier molecular flexibility index (Phi) is 4.66. The Bertz CT molecular complexity index is 1280. The van der Waals surface area contributed by atoms with Gasteiger partial charge >= 0.3 is 0 Å². The third-order valence-electron chi connectivity index (χ3n) is 4.35. The normalized spacial score (nSPS) is 10.8. The van der Waals surface area contributed by atoms with Crippen LogP contribution in [0.25, 0.3) is 33.5 Å². The summed E-state index contributed by atoms with van der Waals surface area (Å²) < 4.78 is 10.6. The number of hydrogen-bond donors (Lipinski definition) is 1. The van der Waals surface area contributed by atoms with Crippen molar-refractivity contribution in [1.29, 1.82) is 0 Å². The lowest BCUT2D eigenvalue weighted by Crippen LogP contribution is -2.11. The molecule has 3 heterocycles. The molecule has 146 valence electrons. The van der Waals surface area contributed by atoms with Gasteiger partial charge in [-0.3, -0.25) is 4.79 Å². The van der Waals surface area contributed by atoms with Crippen LogP contribution in [0.3, 0.4) is 0 Å². The quantitative estimate of drug-likeness (QED) is 0.415. The van der Waals surface area contributed by atoms with Gasteiger partial charge in [0.1, 0.15) is 0 Å². The Morgan fingerprint density at radius 1 is 0.867 bits per heavy atom. The number of nitrogens with one attached hydrogen (secondary N) is 1. The van der Waals surface area contributed by atoms with Crippen LogP contribution in [0.15, 0.2) is 87.2 Å². The lowest BCUT2D eigenvalue weighted by atomic mass is 10.2. The van der Waals surface area contributed by atoms with Crippen LogP contribution < -0.4 is 5.32 Å². The van der Waals surface area contributed by atoms with Crippen molar-refractivity contribution in [2.45, 2.75) is 0 Å². The van der Waals surface area contributed by atoms with Crippen LogP contribution in [0.1, 0.15) is 10.5 Å². The topological polar surface area (TPSA) is 94.1 Å². The van der Waals surface area contributed by atoms with E-state index in [1.807, 2.05) is 47.8 Å². The smallest absolute Gasteiger partial charge is 0.277 e. The number of amides is 1. The first-order valence-electron chi connectivity index (χ1n) is 9.08. The molecule has 5 rings (SSSR count). The highest BCUT2D eigenvalue weighted by Crippen LogP contribution is 2.26. The molecular weight excluding hydrogens is 400 g/mol. The van der Waals surface area contributed by atoms with Gasteiger partial charge in [0.15, 0.2) is 11.5 Å². The maximum absolute atomic E-state index is 12.4. The van der Waals surface area contributed by atoms with E-state index in [2.05, 4.69) is 20.6 Å². The Morgan fingerprint density at radius 3 is 2.47 bits per heavy atom. The van der Waals surface area contributed by atoms with Crippen molar-refractivity contribution in [3.63, 3.8) is 0 Å². The standard InChI is InChI=1S/C22H14N4O3S/c27-21(17-13-18(28-25-17)19-7-4-12-30-19)23-16-10-8-15(9-11-16)22-24-20(26-29-22)14-5-2-1-3-6-14/h1-13H,(H,23,27). The van der Waals surface area contributed by atoms with Gasteiger partial charge < -0.3 is 14.4 Å². The molecule has 0 aliphatic carbocycles. The third-order valence-corrected chi connectivity index (χ3v) is 5.24. The van der Waals surface area contributed by atoms with E-state index in [1.54, 1.807) is 30.3 Å². The molecule has 0 saturated heterocycles. The molecule has 7 nitrogen and oxygen atoms in total. The van der Waals surface area contributed by atoms with Crippen molar-refractivity contribution in [1.82, 2.24) is 15.3 Å². The van der Waals surface area contributed by atoms with Crippen molar-refractivity contribution >= 4 is 22.9 Å². The van der Waals surface area contributed by atoms with Crippen LogP contribution in [0.4, 0.5) is 5.69 Å². The number of anilines is 1. The molecule has 0 spiro atoms. The van der Waals surface area contributed by atoms with E-state index in [0.717, 1.165) is 16.0 Å². The predicted octanol–water partition coefficient (Wildman–Crippen LogP) is 5.37. The highest BCUT2D eigenvalue weighted by atomic mass is 32.1. The fourth-order valence-electron chi connectivity index (χ4n) is 2.85. The average molecular weight is 414 g/mol. The van der Waals surface area contributed by atoms with Crippen LogP contribution in [0.2, 0.25) is 0 Å². The fourth-order valence-corrected chi connectivity index (χ4v) is 3.53. The van der Waals surface area contributed by atoms with Crippen molar-refractivity contribution in [2.24, 2.45) is 0 Å². The largest absolute Gasteiger partial charge is 0.355 e. The van der Waals surface area contributed by atoms with E-state index >= 15 is 0 Å². The molecule has 1 amide bonds. The molecular formula is C22H14N4O3S. The monoisotopic (exact) mass is 414 g/mol. The zero-order valence-corrected chi connectivity index (χ0v) is 16.3. The first-order chi connectivity index (χ1) is 14.8. The number of nitrogens with zero attached hydrogens (tertiary/aromatic N) is 3. The molecule has 8 heteroatoms. The average Bonchev–Trinajstić information content (AvgIpc) is 3.56. The molecule has 3 aromatic heterocycles. The Labute approximate surface area is 175 Å². The van der Waals surface area contributed by atoms with Gasteiger partial charge in [0.05, 0.1) is 4.88 Å². The van der Waals surface area contributed by atoms with Crippen LogP contribution in [0.5, 0.6) is 0 Å².